The van der Waals surface area contributed by atoms with E-state index in [0.717, 1.165) is 16.8 Å². The van der Waals surface area contributed by atoms with E-state index >= 15 is 0 Å². The number of aromatic nitrogens is 3. The number of rotatable bonds is 7. The van der Waals surface area contributed by atoms with Crippen LogP contribution >= 0.6 is 11.6 Å². The summed E-state index contributed by atoms with van der Waals surface area (Å²) in [6.45, 7) is 2.83. The van der Waals surface area contributed by atoms with Gasteiger partial charge in [0, 0.05) is 24.2 Å². The van der Waals surface area contributed by atoms with Crippen molar-refractivity contribution in [3.05, 3.63) is 76.1 Å². The number of nitrogens with one attached hydrogen (secondary N) is 2. The highest BCUT2D eigenvalue weighted by molar-refractivity contribution is 7.93. The number of nitrogens with zero attached hydrogens (tertiary/aromatic N) is 3. The largest absolute Gasteiger partial charge is 0.516 e. The Bertz CT molecular complexity index is 1960. The maximum atomic E-state index is 14.0. The Morgan fingerprint density at radius 2 is 1.71 bits per heavy atom. The third-order valence-corrected chi connectivity index (χ3v) is 7.56. The molecular formula is C28H23ClF5N5O5S. The van der Waals surface area contributed by atoms with Crippen LogP contribution < -0.4 is 10.0 Å². The fourth-order valence-corrected chi connectivity index (χ4v) is 5.19. The van der Waals surface area contributed by atoms with Crippen LogP contribution in [0.5, 0.6) is 0 Å². The van der Waals surface area contributed by atoms with Crippen LogP contribution in [0.4, 0.5) is 32.6 Å². The van der Waals surface area contributed by atoms with Crippen molar-refractivity contribution in [1.29, 1.82) is 0 Å². The number of amides is 1. The van der Waals surface area contributed by atoms with Gasteiger partial charge in [0.2, 0.25) is 0 Å². The molecule has 17 heteroatoms. The number of hydrogen-bond donors (Lipinski definition) is 4. The Hall–Kier alpha value is -4.46. The number of benzene rings is 2. The van der Waals surface area contributed by atoms with Gasteiger partial charge in [-0.15, -0.1) is 0 Å². The Morgan fingerprint density at radius 1 is 1.09 bits per heavy atom. The minimum Gasteiger partial charge on any atom is -0.465 e. The van der Waals surface area contributed by atoms with Crippen LogP contribution in [0.2, 0.25) is 5.02 Å². The molecule has 0 saturated heterocycles. The standard InChI is InChI=1S/C28H23ClF5N5O5S/c1-27(2,42)9-8-17-4-5-18(23(35-17)21(36-26(40)41)12-14-10-15(30)13-16(31)11-14)19-6-7-20(29)22-24(19)39(3)37-25(22)38-45(43,44)28(32,33)34/h4-7,10-11,13,21,36,42H,12H2,1-3H3,(H,37,38)(H,40,41). The summed E-state index contributed by atoms with van der Waals surface area (Å²) in [7, 11) is -4.58. The predicted molar refractivity (Wildman–Crippen MR) is 155 cm³/mol. The Morgan fingerprint density at radius 3 is 2.29 bits per heavy atom. The quantitative estimate of drug-likeness (QED) is 0.150. The second-order valence-electron chi connectivity index (χ2n) is 10.3. The van der Waals surface area contributed by atoms with E-state index in [1.54, 1.807) is 0 Å². The van der Waals surface area contributed by atoms with Gasteiger partial charge in [0.05, 0.1) is 27.7 Å². The van der Waals surface area contributed by atoms with Crippen molar-refractivity contribution in [3.8, 4) is 23.0 Å². The summed E-state index contributed by atoms with van der Waals surface area (Å²) in [5.41, 5.74) is -6.65. The van der Waals surface area contributed by atoms with Gasteiger partial charge in [0.15, 0.2) is 5.82 Å². The van der Waals surface area contributed by atoms with Gasteiger partial charge in [-0.25, -0.2) is 18.6 Å². The van der Waals surface area contributed by atoms with Crippen molar-refractivity contribution >= 4 is 44.4 Å². The van der Waals surface area contributed by atoms with Gasteiger partial charge in [-0.3, -0.25) is 9.40 Å². The van der Waals surface area contributed by atoms with Crippen LogP contribution in [-0.2, 0) is 23.5 Å². The molecule has 4 rings (SSSR count). The molecule has 0 saturated carbocycles. The molecule has 0 aliphatic carbocycles. The van der Waals surface area contributed by atoms with Crippen LogP contribution in [0.1, 0.15) is 36.8 Å². The number of aryl methyl sites for hydroxylation is 1. The Kier molecular flexibility index (Phi) is 9.02. The third kappa shape index (κ3) is 7.62. The number of sulfonamides is 1. The third-order valence-electron chi connectivity index (χ3n) is 6.17. The molecule has 0 aliphatic rings. The summed E-state index contributed by atoms with van der Waals surface area (Å²) in [4.78, 5) is 16.4. The molecule has 0 spiro atoms. The number of anilines is 1. The number of alkyl halides is 3. The maximum absolute atomic E-state index is 14.0. The highest BCUT2D eigenvalue weighted by atomic mass is 35.5. The SMILES string of the molecule is Cn1nc(NS(=O)(=O)C(F)(F)F)c2c(Cl)ccc(-c3ccc(C#CC(C)(C)O)nc3C(Cc3cc(F)cc(F)c3)NC(=O)O)c21. The van der Waals surface area contributed by atoms with E-state index in [9.17, 15) is 45.4 Å². The lowest BCUT2D eigenvalue weighted by molar-refractivity contribution is -0.0429. The molecule has 4 aromatic rings. The smallest absolute Gasteiger partial charge is 0.465 e. The number of fused-ring (bicyclic) bond motifs is 1. The lowest BCUT2D eigenvalue weighted by Crippen LogP contribution is -2.30. The minimum atomic E-state index is -5.89. The Labute approximate surface area is 257 Å². The predicted octanol–water partition coefficient (Wildman–Crippen LogP) is 5.50. The first kappa shape index (κ1) is 33.4. The second-order valence-corrected chi connectivity index (χ2v) is 12.3. The van der Waals surface area contributed by atoms with E-state index in [4.69, 9.17) is 11.6 Å². The Balaban J connectivity index is 2.00. The molecule has 4 N–H and O–H groups in total. The van der Waals surface area contributed by atoms with Crippen LogP contribution in [-0.4, -0.2) is 50.6 Å². The zero-order valence-electron chi connectivity index (χ0n) is 23.5. The fourth-order valence-electron chi connectivity index (χ4n) is 4.44. The lowest BCUT2D eigenvalue weighted by Gasteiger charge is -2.21. The van der Waals surface area contributed by atoms with E-state index < -0.39 is 50.7 Å². The topological polar surface area (TPSA) is 146 Å². The number of carbonyl (C=O) groups is 1. The van der Waals surface area contributed by atoms with Gasteiger partial charge >= 0.3 is 21.6 Å². The average Bonchev–Trinajstić information content (AvgIpc) is 3.21. The van der Waals surface area contributed by atoms with Crippen molar-refractivity contribution in [3.63, 3.8) is 0 Å². The molecule has 0 radical (unpaired) electrons. The molecule has 0 bridgehead atoms. The first-order chi connectivity index (χ1) is 20.8. The van der Waals surface area contributed by atoms with E-state index in [-0.39, 0.29) is 50.4 Å². The molecule has 2 aromatic heterocycles. The van der Waals surface area contributed by atoms with Crippen molar-refractivity contribution in [2.45, 2.75) is 37.4 Å². The minimum absolute atomic E-state index is 0.0339. The van der Waals surface area contributed by atoms with E-state index in [2.05, 4.69) is 27.2 Å². The molecule has 1 unspecified atom stereocenters. The molecule has 0 aliphatic heterocycles. The van der Waals surface area contributed by atoms with Crippen LogP contribution in [0.3, 0.4) is 0 Å². The number of carboxylic acid groups (broad SMARTS) is 1. The first-order valence-electron chi connectivity index (χ1n) is 12.7. The van der Waals surface area contributed by atoms with Gasteiger partial charge in [-0.05, 0) is 62.1 Å². The highest BCUT2D eigenvalue weighted by Gasteiger charge is 2.46. The van der Waals surface area contributed by atoms with Gasteiger partial charge in [0.1, 0.15) is 22.9 Å². The molecular weight excluding hydrogens is 649 g/mol. The second kappa shape index (κ2) is 12.1. The van der Waals surface area contributed by atoms with Crippen LogP contribution in [0, 0.1) is 23.5 Å². The number of aliphatic hydroxyl groups is 1. The fraction of sp³-hybridized carbons (Fsp3) is 0.250. The van der Waals surface area contributed by atoms with Crippen molar-refractivity contribution in [1.82, 2.24) is 20.1 Å². The molecule has 1 amide bonds. The maximum Gasteiger partial charge on any atom is 0.516 e. The van der Waals surface area contributed by atoms with Crippen molar-refractivity contribution < 1.29 is 45.4 Å². The summed E-state index contributed by atoms with van der Waals surface area (Å²) in [5, 5.41) is 25.5. The lowest BCUT2D eigenvalue weighted by atomic mass is 9.94. The van der Waals surface area contributed by atoms with Gasteiger partial charge < -0.3 is 15.5 Å². The summed E-state index contributed by atoms with van der Waals surface area (Å²) in [5.74, 6) is 2.68. The van der Waals surface area contributed by atoms with Gasteiger partial charge in [-0.2, -0.15) is 26.7 Å². The molecule has 2 aromatic carbocycles. The zero-order chi connectivity index (χ0) is 33.5. The summed E-state index contributed by atoms with van der Waals surface area (Å²) in [6.07, 6.45) is -1.84. The van der Waals surface area contributed by atoms with Crippen molar-refractivity contribution in [2.75, 3.05) is 4.72 Å². The number of halogens is 6. The van der Waals surface area contributed by atoms with Gasteiger partial charge in [-0.1, -0.05) is 23.6 Å². The van der Waals surface area contributed by atoms with Crippen LogP contribution in [0.15, 0.2) is 42.5 Å². The summed E-state index contributed by atoms with van der Waals surface area (Å²) in [6, 6.07) is 6.91. The molecule has 238 valence electrons. The van der Waals surface area contributed by atoms with E-state index in [1.165, 1.54) is 49.9 Å². The highest BCUT2D eigenvalue weighted by Crippen LogP contribution is 2.40. The van der Waals surface area contributed by atoms with Crippen LogP contribution in [0.25, 0.3) is 22.0 Å². The number of pyridine rings is 1. The van der Waals surface area contributed by atoms with Crippen molar-refractivity contribution in [2.24, 2.45) is 7.05 Å². The monoisotopic (exact) mass is 671 g/mol. The van der Waals surface area contributed by atoms with E-state index in [1.807, 2.05) is 0 Å². The first-order valence-corrected chi connectivity index (χ1v) is 14.6. The normalized spacial score (nSPS) is 12.8. The van der Waals surface area contributed by atoms with Gasteiger partial charge in [0.25, 0.3) is 0 Å². The van der Waals surface area contributed by atoms with E-state index in [0.29, 0.717) is 6.07 Å². The summed E-state index contributed by atoms with van der Waals surface area (Å²) < 4.78 is 93.8. The zero-order valence-corrected chi connectivity index (χ0v) is 25.0. The summed E-state index contributed by atoms with van der Waals surface area (Å²) >= 11 is 6.31. The average molecular weight is 672 g/mol. The number of hydrogen-bond acceptors (Lipinski definition) is 6. The molecule has 0 fully saturated rings. The molecule has 2 heterocycles. The molecule has 10 nitrogen and oxygen atoms in total. The molecule has 1 atom stereocenters. The molecule has 45 heavy (non-hydrogen) atoms.